The van der Waals surface area contributed by atoms with Gasteiger partial charge in [-0.05, 0) is 19.8 Å². The van der Waals surface area contributed by atoms with Crippen molar-refractivity contribution < 1.29 is 0 Å². The van der Waals surface area contributed by atoms with Crippen LogP contribution in [0.5, 0.6) is 0 Å². The Morgan fingerprint density at radius 2 is 0.724 bits per heavy atom. The molecule has 0 saturated heterocycles. The average Bonchev–Trinajstić information content (AvgIpc) is 3.08. The van der Waals surface area contributed by atoms with E-state index in [1.54, 1.807) is 0 Å². The van der Waals surface area contributed by atoms with E-state index < -0.39 is 0 Å². The van der Waals surface area contributed by atoms with Crippen LogP contribution in [0.2, 0.25) is 0 Å². The highest BCUT2D eigenvalue weighted by atomic mass is 15.4. The molecule has 0 aliphatic carbocycles. The molecule has 29 heavy (non-hydrogen) atoms. The summed E-state index contributed by atoms with van der Waals surface area (Å²) in [6, 6.07) is 0. The van der Waals surface area contributed by atoms with E-state index in [1.807, 2.05) is 0 Å². The Morgan fingerprint density at radius 1 is 0.448 bits per heavy atom. The van der Waals surface area contributed by atoms with E-state index in [0.29, 0.717) is 6.17 Å². The van der Waals surface area contributed by atoms with Crippen molar-refractivity contribution in [3.8, 4) is 0 Å². The first-order valence-corrected chi connectivity index (χ1v) is 13.5. The number of hydrogen-bond donors (Lipinski definition) is 0. The molecule has 1 unspecified atom stereocenters. The summed E-state index contributed by atoms with van der Waals surface area (Å²) in [6.45, 7) is 9.45. The second-order valence-corrected chi connectivity index (χ2v) is 9.42. The van der Waals surface area contributed by atoms with Crippen LogP contribution in [-0.4, -0.2) is 29.1 Å². The molecule has 0 fully saturated rings. The quantitative estimate of drug-likeness (QED) is 0.176. The molecule has 0 aromatic heterocycles. The largest absolute Gasteiger partial charge is 0.356 e. The third-order valence-electron chi connectivity index (χ3n) is 6.70. The zero-order chi connectivity index (χ0) is 21.0. The zero-order valence-corrected chi connectivity index (χ0v) is 20.5. The summed E-state index contributed by atoms with van der Waals surface area (Å²) in [6.07, 6.45) is 32.3. The summed E-state index contributed by atoms with van der Waals surface area (Å²) >= 11 is 0. The van der Waals surface area contributed by atoms with E-state index >= 15 is 0 Å². The summed E-state index contributed by atoms with van der Waals surface area (Å²) < 4.78 is 0. The molecule has 2 heteroatoms. The fourth-order valence-corrected chi connectivity index (χ4v) is 4.52. The Labute approximate surface area is 184 Å². The van der Waals surface area contributed by atoms with Crippen LogP contribution in [-0.2, 0) is 0 Å². The normalized spacial score (nSPS) is 16.3. The molecule has 1 aliphatic heterocycles. The number of unbranched alkanes of at least 4 members (excludes halogenated alkanes) is 17. The maximum absolute atomic E-state index is 2.55. The molecule has 0 amide bonds. The number of rotatable bonds is 21. The van der Waals surface area contributed by atoms with Crippen molar-refractivity contribution >= 4 is 0 Å². The van der Waals surface area contributed by atoms with E-state index in [-0.39, 0.29) is 0 Å². The molecule has 0 spiro atoms. The van der Waals surface area contributed by atoms with E-state index in [0.717, 1.165) is 0 Å². The summed E-state index contributed by atoms with van der Waals surface area (Å²) in [5.41, 5.74) is 0. The van der Waals surface area contributed by atoms with E-state index in [9.17, 15) is 0 Å². The third-order valence-corrected chi connectivity index (χ3v) is 6.70. The van der Waals surface area contributed by atoms with Gasteiger partial charge in [-0.25, -0.2) is 0 Å². The van der Waals surface area contributed by atoms with Gasteiger partial charge in [-0.15, -0.1) is 0 Å². The summed E-state index contributed by atoms with van der Waals surface area (Å²) in [7, 11) is 0. The smallest absolute Gasteiger partial charge is 0.0977 e. The molecule has 1 aliphatic rings. The van der Waals surface area contributed by atoms with Crippen LogP contribution in [0.15, 0.2) is 12.4 Å². The number of hydrogen-bond acceptors (Lipinski definition) is 2. The lowest BCUT2D eigenvalue weighted by atomic mass is 10.1. The fourth-order valence-electron chi connectivity index (χ4n) is 4.52. The minimum atomic E-state index is 0.572. The van der Waals surface area contributed by atoms with Crippen LogP contribution >= 0.6 is 0 Å². The van der Waals surface area contributed by atoms with Gasteiger partial charge in [0.25, 0.3) is 0 Å². The van der Waals surface area contributed by atoms with Gasteiger partial charge >= 0.3 is 0 Å². The lowest BCUT2D eigenvalue weighted by molar-refractivity contribution is 0.165. The van der Waals surface area contributed by atoms with Crippen molar-refractivity contribution in [2.45, 2.75) is 149 Å². The first-order chi connectivity index (χ1) is 14.3. The van der Waals surface area contributed by atoms with Gasteiger partial charge in [0.05, 0.1) is 6.17 Å². The highest BCUT2D eigenvalue weighted by molar-refractivity contribution is 4.95. The van der Waals surface area contributed by atoms with Crippen LogP contribution in [0, 0.1) is 0 Å². The summed E-state index contributed by atoms with van der Waals surface area (Å²) in [5, 5.41) is 0. The molecule has 1 atom stereocenters. The zero-order valence-electron chi connectivity index (χ0n) is 20.5. The van der Waals surface area contributed by atoms with Gasteiger partial charge in [-0.2, -0.15) is 0 Å². The molecule has 0 bridgehead atoms. The van der Waals surface area contributed by atoms with Crippen molar-refractivity contribution in [2.24, 2.45) is 0 Å². The SMILES string of the molecule is CCCCCCCCCCCCN1C=CN(CCCCCCCCCCC)C1C. The van der Waals surface area contributed by atoms with Gasteiger partial charge in [0.1, 0.15) is 0 Å². The van der Waals surface area contributed by atoms with E-state index in [2.05, 4.69) is 43.0 Å². The standard InChI is InChI=1S/C27H54N2/c1-4-6-8-10-12-14-16-18-20-22-24-29-26-25-28(27(29)3)23-21-19-17-15-13-11-9-7-5-2/h25-27H,4-24H2,1-3H3. The Kier molecular flexibility index (Phi) is 17.6. The minimum absolute atomic E-state index is 0.572. The molecule has 0 saturated carbocycles. The highest BCUT2D eigenvalue weighted by Gasteiger charge is 2.20. The van der Waals surface area contributed by atoms with Gasteiger partial charge in [0.15, 0.2) is 0 Å². The van der Waals surface area contributed by atoms with Gasteiger partial charge in [0.2, 0.25) is 0 Å². The van der Waals surface area contributed by atoms with Crippen LogP contribution < -0.4 is 0 Å². The lowest BCUT2D eigenvalue weighted by Crippen LogP contribution is -2.36. The van der Waals surface area contributed by atoms with Crippen LogP contribution in [0.3, 0.4) is 0 Å². The Bertz CT molecular complexity index is 366. The molecule has 1 rings (SSSR count). The third kappa shape index (κ3) is 14.1. The molecule has 2 nitrogen and oxygen atoms in total. The molecule has 0 N–H and O–H groups in total. The minimum Gasteiger partial charge on any atom is -0.356 e. The summed E-state index contributed by atoms with van der Waals surface area (Å²) in [4.78, 5) is 5.11. The number of nitrogens with zero attached hydrogens (tertiary/aromatic N) is 2. The van der Waals surface area contributed by atoms with E-state index in [1.165, 1.54) is 135 Å². The van der Waals surface area contributed by atoms with Gasteiger partial charge in [-0.1, -0.05) is 123 Å². The molecule has 0 aromatic rings. The topological polar surface area (TPSA) is 6.48 Å². The highest BCUT2D eigenvalue weighted by Crippen LogP contribution is 2.18. The lowest BCUT2D eigenvalue weighted by Gasteiger charge is -2.30. The fraction of sp³-hybridized carbons (Fsp3) is 0.926. The Hall–Kier alpha value is -0.660. The molecule has 0 radical (unpaired) electrons. The predicted octanol–water partition coefficient (Wildman–Crippen LogP) is 8.87. The average molecular weight is 407 g/mol. The van der Waals surface area contributed by atoms with Crippen molar-refractivity contribution in [3.63, 3.8) is 0 Å². The van der Waals surface area contributed by atoms with E-state index in [4.69, 9.17) is 0 Å². The maximum atomic E-state index is 2.55. The van der Waals surface area contributed by atoms with Gasteiger partial charge < -0.3 is 9.80 Å². The Morgan fingerprint density at radius 3 is 1.03 bits per heavy atom. The molecular formula is C27H54N2. The van der Waals surface area contributed by atoms with Crippen molar-refractivity contribution in [2.75, 3.05) is 13.1 Å². The summed E-state index contributed by atoms with van der Waals surface area (Å²) in [5.74, 6) is 0. The predicted molar refractivity (Wildman–Crippen MR) is 131 cm³/mol. The van der Waals surface area contributed by atoms with Crippen LogP contribution in [0.25, 0.3) is 0 Å². The van der Waals surface area contributed by atoms with Crippen LogP contribution in [0.1, 0.15) is 143 Å². The second kappa shape index (κ2) is 19.3. The molecule has 1 heterocycles. The van der Waals surface area contributed by atoms with Gasteiger partial charge in [0, 0.05) is 25.5 Å². The molecular weight excluding hydrogens is 352 g/mol. The van der Waals surface area contributed by atoms with Gasteiger partial charge in [-0.3, -0.25) is 0 Å². The van der Waals surface area contributed by atoms with Crippen molar-refractivity contribution in [3.05, 3.63) is 12.4 Å². The monoisotopic (exact) mass is 406 g/mol. The van der Waals surface area contributed by atoms with Crippen molar-refractivity contribution in [1.29, 1.82) is 0 Å². The second-order valence-electron chi connectivity index (χ2n) is 9.42. The van der Waals surface area contributed by atoms with Crippen LogP contribution in [0.4, 0.5) is 0 Å². The maximum Gasteiger partial charge on any atom is 0.0977 e. The first-order valence-electron chi connectivity index (χ1n) is 13.5. The Balaban J connectivity index is 1.90. The first kappa shape index (κ1) is 26.4. The van der Waals surface area contributed by atoms with Crippen molar-refractivity contribution in [1.82, 2.24) is 9.80 Å². The molecule has 172 valence electrons. The molecule has 0 aromatic carbocycles.